The van der Waals surface area contributed by atoms with E-state index in [4.69, 9.17) is 14.0 Å². The predicted molar refractivity (Wildman–Crippen MR) is 112 cm³/mol. The number of hydrogen-bond donors (Lipinski definition) is 1. The summed E-state index contributed by atoms with van der Waals surface area (Å²) < 4.78 is 15.3. The first-order chi connectivity index (χ1) is 12.3. The summed E-state index contributed by atoms with van der Waals surface area (Å²) in [6, 6.07) is 1.92. The lowest BCUT2D eigenvalue weighted by Crippen LogP contribution is -2.52. The van der Waals surface area contributed by atoms with Gasteiger partial charge < -0.3 is 24.2 Å². The van der Waals surface area contributed by atoms with Gasteiger partial charge in [-0.3, -0.25) is 9.89 Å². The molecule has 150 valence electrons. The summed E-state index contributed by atoms with van der Waals surface area (Å²) in [7, 11) is 3.53. The number of nitrogens with zero attached hydrogens (tertiary/aromatic N) is 4. The molecule has 1 aliphatic heterocycles. The zero-order valence-corrected chi connectivity index (χ0v) is 18.2. The van der Waals surface area contributed by atoms with Gasteiger partial charge in [-0.05, 0) is 12.8 Å². The van der Waals surface area contributed by atoms with E-state index in [0.29, 0.717) is 13.2 Å². The molecule has 0 radical (unpaired) electrons. The molecule has 0 saturated carbocycles. The van der Waals surface area contributed by atoms with Gasteiger partial charge in [0, 0.05) is 66.1 Å². The second-order valence-corrected chi connectivity index (χ2v) is 6.04. The van der Waals surface area contributed by atoms with E-state index >= 15 is 0 Å². The quantitative estimate of drug-likeness (QED) is 0.235. The van der Waals surface area contributed by atoms with Crippen LogP contribution < -0.4 is 5.32 Å². The van der Waals surface area contributed by atoms with E-state index in [1.165, 1.54) is 0 Å². The largest absolute Gasteiger partial charge is 0.382 e. The van der Waals surface area contributed by atoms with Gasteiger partial charge in [0.2, 0.25) is 0 Å². The molecule has 2 heterocycles. The van der Waals surface area contributed by atoms with Crippen LogP contribution >= 0.6 is 24.0 Å². The summed E-state index contributed by atoms with van der Waals surface area (Å²) in [4.78, 5) is 9.11. The van der Waals surface area contributed by atoms with Crippen molar-refractivity contribution in [2.75, 3.05) is 66.7 Å². The third-order valence-electron chi connectivity index (χ3n) is 4.19. The van der Waals surface area contributed by atoms with Crippen molar-refractivity contribution in [3.8, 4) is 0 Å². The fraction of sp³-hybridized carbons (Fsp3) is 0.765. The molecule has 26 heavy (non-hydrogen) atoms. The van der Waals surface area contributed by atoms with E-state index in [9.17, 15) is 0 Å². The fourth-order valence-corrected chi connectivity index (χ4v) is 2.77. The molecular weight excluding hydrogens is 449 g/mol. The van der Waals surface area contributed by atoms with E-state index in [1.54, 1.807) is 13.4 Å². The Bertz CT molecular complexity index is 479. The van der Waals surface area contributed by atoms with Crippen molar-refractivity contribution in [1.29, 1.82) is 0 Å². The van der Waals surface area contributed by atoms with E-state index < -0.39 is 0 Å². The molecule has 0 aliphatic carbocycles. The highest BCUT2D eigenvalue weighted by atomic mass is 127. The van der Waals surface area contributed by atoms with Crippen LogP contribution in [0.3, 0.4) is 0 Å². The van der Waals surface area contributed by atoms with Crippen LogP contribution in [-0.4, -0.2) is 87.6 Å². The highest BCUT2D eigenvalue weighted by molar-refractivity contribution is 14.0. The van der Waals surface area contributed by atoms with Crippen molar-refractivity contribution in [1.82, 2.24) is 20.3 Å². The Morgan fingerprint density at radius 2 is 2.04 bits per heavy atom. The summed E-state index contributed by atoms with van der Waals surface area (Å²) in [5, 5.41) is 7.43. The minimum absolute atomic E-state index is 0. The summed E-state index contributed by atoms with van der Waals surface area (Å²) in [5.74, 6) is 0.987. The predicted octanol–water partition coefficient (Wildman–Crippen LogP) is 1.43. The first kappa shape index (κ1) is 23.1. The van der Waals surface area contributed by atoms with Crippen LogP contribution in [-0.2, 0) is 16.0 Å². The molecule has 1 aromatic rings. The van der Waals surface area contributed by atoms with E-state index in [1.807, 2.05) is 13.1 Å². The van der Waals surface area contributed by atoms with Gasteiger partial charge in [0.25, 0.3) is 0 Å². The van der Waals surface area contributed by atoms with Crippen LogP contribution in [0.4, 0.5) is 0 Å². The minimum Gasteiger partial charge on any atom is -0.382 e. The van der Waals surface area contributed by atoms with Gasteiger partial charge in [0.15, 0.2) is 5.96 Å². The Labute approximate surface area is 173 Å². The molecule has 1 N–H and O–H groups in total. The maximum absolute atomic E-state index is 5.47. The molecule has 9 heteroatoms. The number of guanidine groups is 1. The number of nitrogens with one attached hydrogen (secondary N) is 1. The number of rotatable bonds is 10. The van der Waals surface area contributed by atoms with Crippen LogP contribution in [0.5, 0.6) is 0 Å². The zero-order valence-electron chi connectivity index (χ0n) is 15.9. The molecular formula is C17H32IN5O3. The topological polar surface area (TPSA) is 75.4 Å². The highest BCUT2D eigenvalue weighted by Gasteiger charge is 2.19. The number of piperazine rings is 1. The molecule has 2 rings (SSSR count). The molecule has 0 atom stereocenters. The highest BCUT2D eigenvalue weighted by Crippen LogP contribution is 2.07. The Morgan fingerprint density at radius 1 is 1.23 bits per heavy atom. The van der Waals surface area contributed by atoms with E-state index in [-0.39, 0.29) is 24.0 Å². The summed E-state index contributed by atoms with van der Waals surface area (Å²) >= 11 is 0. The Balaban J connectivity index is 0.00000338. The summed E-state index contributed by atoms with van der Waals surface area (Å²) in [6.07, 6.45) is 3.73. The second-order valence-electron chi connectivity index (χ2n) is 6.04. The van der Waals surface area contributed by atoms with Gasteiger partial charge in [-0.15, -0.1) is 24.0 Å². The molecule has 8 nitrogen and oxygen atoms in total. The molecule has 0 amide bonds. The van der Waals surface area contributed by atoms with E-state index in [2.05, 4.69) is 25.3 Å². The molecule has 0 bridgehead atoms. The smallest absolute Gasteiger partial charge is 0.193 e. The first-order valence-electron chi connectivity index (χ1n) is 8.97. The van der Waals surface area contributed by atoms with Crippen molar-refractivity contribution < 1.29 is 14.0 Å². The van der Waals surface area contributed by atoms with E-state index in [0.717, 1.165) is 70.4 Å². The zero-order chi connectivity index (χ0) is 17.7. The molecule has 0 spiro atoms. The molecule has 1 aliphatic rings. The maximum atomic E-state index is 5.47. The Hall–Kier alpha value is -0.910. The number of aliphatic imine (C=N–C) groups is 1. The van der Waals surface area contributed by atoms with Crippen LogP contribution in [0.2, 0.25) is 0 Å². The number of halogens is 1. The first-order valence-corrected chi connectivity index (χ1v) is 8.97. The lowest BCUT2D eigenvalue weighted by molar-refractivity contribution is 0.0689. The molecule has 0 aromatic carbocycles. The minimum atomic E-state index is 0. The standard InChI is InChI=1S/C17H31N5O3.HI/c1-18-17(19-6-3-4-11-24-14-13-23-2)22-9-7-21(8-10-22)15-16-5-12-25-20-16;/h5,12H,3-4,6-11,13-15H2,1-2H3,(H,18,19);1H. The van der Waals surface area contributed by atoms with Crippen molar-refractivity contribution in [2.45, 2.75) is 19.4 Å². The van der Waals surface area contributed by atoms with Crippen molar-refractivity contribution in [3.05, 3.63) is 18.0 Å². The number of ether oxygens (including phenoxy) is 2. The monoisotopic (exact) mass is 481 g/mol. The summed E-state index contributed by atoms with van der Waals surface area (Å²) in [6.45, 7) is 7.82. The second kappa shape index (κ2) is 14.2. The third kappa shape index (κ3) is 8.65. The lowest BCUT2D eigenvalue weighted by atomic mass is 10.3. The number of aromatic nitrogens is 1. The Morgan fingerprint density at radius 3 is 2.69 bits per heavy atom. The molecule has 0 unspecified atom stereocenters. The van der Waals surface area contributed by atoms with Crippen molar-refractivity contribution >= 4 is 29.9 Å². The molecule has 1 saturated heterocycles. The summed E-state index contributed by atoms with van der Waals surface area (Å²) in [5.41, 5.74) is 0.990. The fourth-order valence-electron chi connectivity index (χ4n) is 2.77. The Kier molecular flexibility index (Phi) is 12.6. The maximum Gasteiger partial charge on any atom is 0.193 e. The average Bonchev–Trinajstić information content (AvgIpc) is 3.14. The molecule has 1 fully saturated rings. The van der Waals surface area contributed by atoms with Gasteiger partial charge in [-0.1, -0.05) is 5.16 Å². The van der Waals surface area contributed by atoms with Crippen LogP contribution in [0.15, 0.2) is 21.8 Å². The van der Waals surface area contributed by atoms with Gasteiger partial charge in [-0.25, -0.2) is 0 Å². The number of methoxy groups -OCH3 is 1. The van der Waals surface area contributed by atoms with Crippen LogP contribution in [0.1, 0.15) is 18.5 Å². The molecule has 1 aromatic heterocycles. The van der Waals surface area contributed by atoms with Gasteiger partial charge in [-0.2, -0.15) is 0 Å². The van der Waals surface area contributed by atoms with Gasteiger partial charge in [0.1, 0.15) is 6.26 Å². The van der Waals surface area contributed by atoms with Crippen LogP contribution in [0.25, 0.3) is 0 Å². The normalized spacial score (nSPS) is 15.8. The number of unbranched alkanes of at least 4 members (excludes halogenated alkanes) is 1. The number of hydrogen-bond acceptors (Lipinski definition) is 6. The van der Waals surface area contributed by atoms with Crippen molar-refractivity contribution in [3.63, 3.8) is 0 Å². The SMILES string of the molecule is CN=C(NCCCCOCCOC)N1CCN(Cc2ccon2)CC1.I. The van der Waals surface area contributed by atoms with Gasteiger partial charge in [0.05, 0.1) is 18.9 Å². The average molecular weight is 481 g/mol. The van der Waals surface area contributed by atoms with Crippen LogP contribution in [0, 0.1) is 0 Å². The third-order valence-corrected chi connectivity index (χ3v) is 4.19. The van der Waals surface area contributed by atoms with Gasteiger partial charge >= 0.3 is 0 Å². The lowest BCUT2D eigenvalue weighted by Gasteiger charge is -2.36. The van der Waals surface area contributed by atoms with Crippen molar-refractivity contribution in [2.24, 2.45) is 4.99 Å².